The molecule has 37 N–H and O–H groups in total. The van der Waals surface area contributed by atoms with E-state index in [1.165, 1.54) is 0 Å². The van der Waals surface area contributed by atoms with Crippen molar-refractivity contribution in [3.05, 3.63) is 0 Å². The molecular weight excluding hydrogens is 1930 g/mol. The van der Waals surface area contributed by atoms with Crippen molar-refractivity contribution in [2.45, 2.75) is 360 Å². The van der Waals surface area contributed by atoms with Crippen LogP contribution in [0.3, 0.4) is 0 Å². The Balaban J connectivity index is 0.973. The number of aliphatic hydroxyl groups is 30. The first-order valence-electron chi connectivity index (χ1n) is 44.8. The summed E-state index contributed by atoms with van der Waals surface area (Å²) >= 11 is 0. The Bertz CT molecular complexity index is 3930. The number of nitrogens with one attached hydrogen (secondary N) is 5. The van der Waals surface area contributed by atoms with E-state index in [0.717, 1.165) is 34.6 Å². The second-order valence-electron chi connectivity index (χ2n) is 35.5. The fourth-order valence-corrected chi connectivity index (χ4v) is 17.9. The predicted molar refractivity (Wildman–Crippen MR) is 438 cm³/mol. The van der Waals surface area contributed by atoms with Gasteiger partial charge in [0.05, 0.1) is 127 Å². The highest BCUT2D eigenvalue weighted by Gasteiger charge is 2.63. The molecule has 0 aromatic carbocycles. The SMILES string of the molecule is CC(=O)NC1C(O)OC(CO)[C@@H](O[C@@H]2OC(CO[C@@H](O)C(O[C@@H]3OC(CO)[C@@H](O[C@@H]4OC(CO[C@]5(C(=O)O)C[C@@H](O)[C@@H](NC(C)=O)C([C@H](O)[C@H](O)CO)O5)[C@H](O)[C@H](O)C4O)[C@H](O)C3NC(C)=O)[C@@H](O)[C@H](O)CCO)[C@@H](CO)C(O[C@H]3OC(CO)[C@@H](O)C(O)C3CO[C@@H]3OC(CO)[C@@H](O[C@@H]4OC(CO[C@]5(C(=O)O)C[C@@H](O)[C@@H](NC(C)=O)C([C@H](O)[C@H](O)CCO)O5)[C@H](O)C(O)[C@@H]4O)C(O)[C@@H]3NC(C)=O)[C@H]2O)[C@@H]1O. The zero-order valence-electron chi connectivity index (χ0n) is 76.1. The lowest BCUT2D eigenvalue weighted by Gasteiger charge is -2.50. The van der Waals surface area contributed by atoms with Crippen LogP contribution in [0.2, 0.25) is 0 Å². The van der Waals surface area contributed by atoms with E-state index in [-0.39, 0.29) is 0 Å². The van der Waals surface area contributed by atoms with Gasteiger partial charge < -0.3 is 275 Å². The van der Waals surface area contributed by atoms with Gasteiger partial charge in [-0.05, 0) is 12.8 Å². The Labute approximate surface area is 798 Å². The number of amides is 5. The van der Waals surface area contributed by atoms with Crippen LogP contribution in [0.1, 0.15) is 60.3 Å². The summed E-state index contributed by atoms with van der Waals surface area (Å²) in [6.45, 7) is -9.16. The fraction of sp³-hybridized carbons (Fsp3) is 0.911. The molecular formula is C79H133N5O57. The Morgan fingerprint density at radius 2 is 0.716 bits per heavy atom. The fourth-order valence-electron chi connectivity index (χ4n) is 17.9. The van der Waals surface area contributed by atoms with E-state index in [1.807, 2.05) is 0 Å². The van der Waals surface area contributed by atoms with Crippen molar-refractivity contribution < 1.29 is 282 Å². The second kappa shape index (κ2) is 52.5. The minimum absolute atomic E-state index is 0.535. The van der Waals surface area contributed by atoms with Crippen LogP contribution >= 0.6 is 0 Å². The van der Waals surface area contributed by atoms with E-state index < -0.39 is 458 Å². The van der Waals surface area contributed by atoms with E-state index in [9.17, 15) is 197 Å². The standard InChI is InChI=1S/C79H133N5O57/c1-22(93)80-41-31(100)10-78(76(120)121,140-65(41)47(104)29(98)6-8-85)126-20-39-51(108)56(113)58(115)73(133-39)136-63-36(16-91)130-71(44(54(63)111)83-25(4)96)125-18-28-46(103)50(107)34(14-89)129-70(28)135-61-27(12-87)38(132-75(60(61)117)138-62-35(15-90)128-68(118)43(53(62)110)82-24(3)95)19-124-69(119)67(48(105)30(99)7-9-86)139-72-45(84-26(5)97)55(112)64(37(17-92)131-72)137-74-59(116)57(114)52(109)40(134-74)21-127-79(77(122)123)11-32(101)42(81-23(2)94)66(141-79)49(106)33(102)13-88/h27-75,85-92,98-119H,6-21H2,1-5H3,(H,80,93)(H,81,94)(H,82,95)(H,83,96)(H,84,97)(H,120,121)(H,122,123)/t27-,28?,29-,30-,31-,32-,33-,34?,35?,36?,37?,38?,39?,40?,41-,42-,43?,44+,45?,46?,47-,48+,49-,50-,51+,52+,53-,54?,55-,56?,57+,58+,59?,60-,61?,62-,63-,64-,65?,66?,67?,68?,69-,70-,71-,72+,73+,74+,75+,78-,79-/m1/s1. The smallest absolute Gasteiger partial charge is 0.364 e. The molecule has 19 unspecified atom stereocenters. The van der Waals surface area contributed by atoms with Gasteiger partial charge in [-0.1, -0.05) is 0 Å². The van der Waals surface area contributed by atoms with Crippen molar-refractivity contribution >= 4 is 41.5 Å². The van der Waals surface area contributed by atoms with Crippen LogP contribution in [0.15, 0.2) is 0 Å². The maximum Gasteiger partial charge on any atom is 0.364 e. The molecule has 0 radical (unpaired) electrons. The maximum atomic E-state index is 13.1. The highest BCUT2D eigenvalue weighted by Crippen LogP contribution is 2.43. The summed E-state index contributed by atoms with van der Waals surface area (Å²) in [6, 6.07) is -9.25. The molecule has 62 nitrogen and oxygen atoms in total. The minimum Gasteiger partial charge on any atom is -0.477 e. The minimum atomic E-state index is -3.11. The van der Waals surface area contributed by atoms with E-state index >= 15 is 0 Å². The molecule has 0 aromatic heterocycles. The van der Waals surface area contributed by atoms with E-state index in [4.69, 9.17) is 85.3 Å². The highest BCUT2D eigenvalue weighted by atomic mass is 16.8. The third kappa shape index (κ3) is 27.9. The molecule has 141 heavy (non-hydrogen) atoms. The maximum absolute atomic E-state index is 13.1. The van der Waals surface area contributed by atoms with Crippen LogP contribution in [0, 0.1) is 11.8 Å². The quantitative estimate of drug-likeness (QED) is 0.0252. The first-order valence-corrected chi connectivity index (χ1v) is 44.8. The molecule has 0 bridgehead atoms. The molecule has 9 saturated heterocycles. The molecule has 62 heteroatoms. The average molecular weight is 2060 g/mol. The summed E-state index contributed by atoms with van der Waals surface area (Å²) in [6.07, 6.45) is -96.0. The molecule has 0 saturated carbocycles. The summed E-state index contributed by atoms with van der Waals surface area (Å²) in [5.41, 5.74) is 0. The number of carbonyl (C=O) groups excluding carboxylic acids is 5. The number of aliphatic carboxylic acids is 2. The third-order valence-electron chi connectivity index (χ3n) is 25.4. The molecule has 0 aliphatic carbocycles. The Kier molecular flexibility index (Phi) is 44.3. The van der Waals surface area contributed by atoms with Gasteiger partial charge in [-0.2, -0.15) is 0 Å². The molecule has 9 fully saturated rings. The van der Waals surface area contributed by atoms with Crippen molar-refractivity contribution in [2.75, 3.05) is 79.3 Å². The summed E-state index contributed by atoms with van der Waals surface area (Å²) in [5.74, 6) is -18.8. The van der Waals surface area contributed by atoms with Crippen LogP contribution in [0.25, 0.3) is 0 Å². The molecule has 5 amide bonds. The van der Waals surface area contributed by atoms with Gasteiger partial charge in [-0.25, -0.2) is 9.59 Å². The summed E-state index contributed by atoms with van der Waals surface area (Å²) in [7, 11) is 0. The summed E-state index contributed by atoms with van der Waals surface area (Å²) in [4.78, 5) is 89.1. The van der Waals surface area contributed by atoms with Crippen LogP contribution in [-0.4, -0.2) is 584 Å². The van der Waals surface area contributed by atoms with Crippen molar-refractivity contribution in [1.82, 2.24) is 26.6 Å². The van der Waals surface area contributed by atoms with Crippen LogP contribution in [0.5, 0.6) is 0 Å². The number of aliphatic hydroxyl groups excluding tert-OH is 30. The van der Waals surface area contributed by atoms with Gasteiger partial charge in [0.1, 0.15) is 183 Å². The number of rotatable bonds is 46. The first kappa shape index (κ1) is 119. The topological polar surface area (TPSA) is 993 Å². The summed E-state index contributed by atoms with van der Waals surface area (Å²) < 4.78 is 106. The van der Waals surface area contributed by atoms with Crippen LogP contribution in [0.4, 0.5) is 0 Å². The van der Waals surface area contributed by atoms with E-state index in [1.54, 1.807) is 0 Å². The molecule has 0 spiro atoms. The van der Waals surface area contributed by atoms with Crippen molar-refractivity contribution in [2.24, 2.45) is 11.8 Å². The number of hydrogen-bond donors (Lipinski definition) is 37. The van der Waals surface area contributed by atoms with Gasteiger partial charge >= 0.3 is 11.9 Å². The lowest BCUT2D eigenvalue weighted by molar-refractivity contribution is -0.378. The molecule has 816 valence electrons. The van der Waals surface area contributed by atoms with Gasteiger partial charge in [0.2, 0.25) is 29.5 Å². The number of carbonyl (C=O) groups is 7. The molecule has 51 atom stereocenters. The lowest BCUT2D eigenvalue weighted by Crippen LogP contribution is -2.69. The number of hydrogen-bond acceptors (Lipinski definition) is 55. The monoisotopic (exact) mass is 2060 g/mol. The van der Waals surface area contributed by atoms with E-state index in [0.29, 0.717) is 0 Å². The second-order valence-corrected chi connectivity index (χ2v) is 35.5. The normalized spacial score (nSPS) is 43.1. The summed E-state index contributed by atoms with van der Waals surface area (Å²) in [5, 5.41) is 368. The van der Waals surface area contributed by atoms with Gasteiger partial charge in [0.15, 0.2) is 50.3 Å². The zero-order chi connectivity index (χ0) is 105. The molecule has 0 aromatic rings. The number of carboxylic acids is 2. The molecule has 9 heterocycles. The highest BCUT2D eigenvalue weighted by molar-refractivity contribution is 5.78. The Hall–Kier alpha value is -5.63. The first-order chi connectivity index (χ1) is 66.4. The average Bonchev–Trinajstić information content (AvgIpc) is 0.721. The molecule has 9 aliphatic rings. The Morgan fingerprint density at radius 3 is 1.14 bits per heavy atom. The largest absolute Gasteiger partial charge is 0.477 e. The van der Waals surface area contributed by atoms with Gasteiger partial charge in [0.25, 0.3) is 11.6 Å². The number of carboxylic acid groups (broad SMARTS) is 2. The third-order valence-corrected chi connectivity index (χ3v) is 25.4. The number of ether oxygens (including phenoxy) is 18. The van der Waals surface area contributed by atoms with Crippen LogP contribution in [-0.2, 0) is 119 Å². The van der Waals surface area contributed by atoms with Gasteiger partial charge in [-0.15, -0.1) is 0 Å². The van der Waals surface area contributed by atoms with E-state index in [2.05, 4.69) is 26.6 Å². The van der Waals surface area contributed by atoms with Gasteiger partial charge in [-0.3, -0.25) is 24.0 Å². The van der Waals surface area contributed by atoms with Crippen molar-refractivity contribution in [3.8, 4) is 0 Å². The van der Waals surface area contributed by atoms with Crippen molar-refractivity contribution in [1.29, 1.82) is 0 Å². The molecule has 9 rings (SSSR count). The molecule has 9 aliphatic heterocycles. The zero-order valence-corrected chi connectivity index (χ0v) is 76.1. The van der Waals surface area contributed by atoms with Crippen LogP contribution < -0.4 is 26.6 Å². The van der Waals surface area contributed by atoms with Crippen molar-refractivity contribution in [3.63, 3.8) is 0 Å². The lowest BCUT2D eigenvalue weighted by atomic mass is 9.88. The van der Waals surface area contributed by atoms with Gasteiger partial charge in [0, 0.05) is 66.6 Å². The Morgan fingerprint density at radius 1 is 0.348 bits per heavy atom. The predicted octanol–water partition coefficient (Wildman–Crippen LogP) is -22.8.